The molecule has 0 bridgehead atoms. The summed E-state index contributed by atoms with van der Waals surface area (Å²) >= 11 is 0. The number of nitrogens with two attached hydrogens (primary N) is 1. The fourth-order valence-corrected chi connectivity index (χ4v) is 1.61. The first-order chi connectivity index (χ1) is 9.52. The normalized spacial score (nSPS) is 9.75. The summed E-state index contributed by atoms with van der Waals surface area (Å²) in [6.45, 7) is 5.30. The molecule has 6 heteroatoms. The van der Waals surface area contributed by atoms with Crippen molar-refractivity contribution in [1.82, 2.24) is 4.98 Å². The predicted molar refractivity (Wildman–Crippen MR) is 73.3 cm³/mol. The van der Waals surface area contributed by atoms with Gasteiger partial charge < -0.3 is 15.2 Å². The number of rotatable bonds is 5. The van der Waals surface area contributed by atoms with Gasteiger partial charge in [-0.15, -0.1) is 0 Å². The largest absolute Gasteiger partial charge is 0.462 e. The molecule has 0 amide bonds. The molecule has 108 valence electrons. The van der Waals surface area contributed by atoms with Gasteiger partial charge in [0.05, 0.1) is 18.9 Å². The molecule has 20 heavy (non-hydrogen) atoms. The van der Waals surface area contributed by atoms with E-state index < -0.39 is 11.9 Å². The first-order valence-corrected chi connectivity index (χ1v) is 6.28. The molecule has 0 aromatic carbocycles. The Bertz CT molecular complexity index is 518. The van der Waals surface area contributed by atoms with E-state index in [1.165, 1.54) is 0 Å². The van der Waals surface area contributed by atoms with E-state index in [0.29, 0.717) is 11.3 Å². The van der Waals surface area contributed by atoms with Gasteiger partial charge in [-0.3, -0.25) is 4.98 Å². The minimum atomic E-state index is -0.799. The van der Waals surface area contributed by atoms with Gasteiger partial charge in [-0.25, -0.2) is 9.59 Å². The van der Waals surface area contributed by atoms with Crippen molar-refractivity contribution in [2.45, 2.75) is 20.8 Å². The highest BCUT2D eigenvalue weighted by Crippen LogP contribution is 2.18. The third kappa shape index (κ3) is 3.57. The molecule has 0 fully saturated rings. The molecule has 6 nitrogen and oxygen atoms in total. The van der Waals surface area contributed by atoms with E-state index in [-0.39, 0.29) is 24.5 Å². The van der Waals surface area contributed by atoms with E-state index in [1.807, 2.05) is 0 Å². The molecule has 1 rings (SSSR count). The van der Waals surface area contributed by atoms with Crippen molar-refractivity contribution in [3.63, 3.8) is 0 Å². The topological polar surface area (TPSA) is 91.5 Å². The number of carbonyl (C=O) groups excluding carboxylic acids is 2. The maximum absolute atomic E-state index is 11.9. The summed E-state index contributed by atoms with van der Waals surface area (Å²) < 4.78 is 9.71. The highest BCUT2D eigenvalue weighted by atomic mass is 16.6. The number of aromatic nitrogens is 1. The number of esters is 2. The van der Waals surface area contributed by atoms with Crippen LogP contribution in [0.5, 0.6) is 0 Å². The van der Waals surface area contributed by atoms with Gasteiger partial charge in [0, 0.05) is 17.5 Å². The SMILES string of the molecule is CCOC(=O)C(C(=O)OCC)=C(N)c1cccnc1C. The van der Waals surface area contributed by atoms with E-state index in [0.717, 1.165) is 0 Å². The standard InChI is InChI=1S/C14H18N2O4/c1-4-19-13(17)11(14(18)20-5-2)12(15)10-7-6-8-16-9(10)3/h6-8H,4-5,15H2,1-3H3. The molecule has 0 aliphatic heterocycles. The van der Waals surface area contributed by atoms with E-state index in [2.05, 4.69) is 4.98 Å². The molecule has 0 aliphatic carbocycles. The zero-order valence-electron chi connectivity index (χ0n) is 11.8. The quantitative estimate of drug-likeness (QED) is 0.376. The Morgan fingerprint density at radius 1 is 1.20 bits per heavy atom. The summed E-state index contributed by atoms with van der Waals surface area (Å²) in [4.78, 5) is 27.9. The molecule has 0 atom stereocenters. The van der Waals surface area contributed by atoms with Gasteiger partial charge in [-0.1, -0.05) is 0 Å². The van der Waals surface area contributed by atoms with Gasteiger partial charge in [0.1, 0.15) is 0 Å². The van der Waals surface area contributed by atoms with Gasteiger partial charge in [0.25, 0.3) is 0 Å². The van der Waals surface area contributed by atoms with Gasteiger partial charge in [-0.05, 0) is 32.9 Å². The molecule has 0 saturated carbocycles. The maximum Gasteiger partial charge on any atom is 0.347 e. The smallest absolute Gasteiger partial charge is 0.347 e. The van der Waals surface area contributed by atoms with Crippen molar-refractivity contribution in [3.05, 3.63) is 35.2 Å². The number of nitrogens with zero attached hydrogens (tertiary/aromatic N) is 1. The third-order valence-corrected chi connectivity index (χ3v) is 2.53. The van der Waals surface area contributed by atoms with Crippen LogP contribution in [-0.2, 0) is 19.1 Å². The molecular formula is C14H18N2O4. The molecule has 0 radical (unpaired) electrons. The Hall–Kier alpha value is -2.37. The van der Waals surface area contributed by atoms with E-state index in [1.54, 1.807) is 39.1 Å². The van der Waals surface area contributed by atoms with E-state index in [9.17, 15) is 9.59 Å². The van der Waals surface area contributed by atoms with Crippen molar-refractivity contribution in [3.8, 4) is 0 Å². The summed E-state index contributed by atoms with van der Waals surface area (Å²) in [6.07, 6.45) is 1.60. The maximum atomic E-state index is 11.9. The molecule has 0 spiro atoms. The average molecular weight is 278 g/mol. The molecule has 0 unspecified atom stereocenters. The van der Waals surface area contributed by atoms with Crippen LogP contribution >= 0.6 is 0 Å². The lowest BCUT2D eigenvalue weighted by Gasteiger charge is -2.11. The van der Waals surface area contributed by atoms with Crippen LogP contribution in [0, 0.1) is 6.92 Å². The van der Waals surface area contributed by atoms with Crippen LogP contribution in [0.3, 0.4) is 0 Å². The first-order valence-electron chi connectivity index (χ1n) is 6.28. The number of carbonyl (C=O) groups is 2. The Morgan fingerprint density at radius 2 is 1.75 bits per heavy atom. The predicted octanol–water partition coefficient (Wildman–Crippen LogP) is 1.19. The van der Waals surface area contributed by atoms with Gasteiger partial charge in [0.2, 0.25) is 0 Å². The minimum absolute atomic E-state index is 0.00694. The number of hydrogen-bond acceptors (Lipinski definition) is 6. The molecule has 2 N–H and O–H groups in total. The van der Waals surface area contributed by atoms with Gasteiger partial charge in [-0.2, -0.15) is 0 Å². The first kappa shape index (κ1) is 15.7. The number of aryl methyl sites for hydroxylation is 1. The molecule has 0 aliphatic rings. The second-order valence-corrected chi connectivity index (χ2v) is 3.87. The fraction of sp³-hybridized carbons (Fsp3) is 0.357. The van der Waals surface area contributed by atoms with Crippen molar-refractivity contribution in [2.24, 2.45) is 5.73 Å². The lowest BCUT2D eigenvalue weighted by molar-refractivity contribution is -0.146. The van der Waals surface area contributed by atoms with Crippen molar-refractivity contribution in [1.29, 1.82) is 0 Å². The van der Waals surface area contributed by atoms with Crippen LogP contribution < -0.4 is 5.73 Å². The van der Waals surface area contributed by atoms with Crippen LogP contribution in [0.25, 0.3) is 5.70 Å². The van der Waals surface area contributed by atoms with Crippen molar-refractivity contribution in [2.75, 3.05) is 13.2 Å². The summed E-state index contributed by atoms with van der Waals surface area (Å²) in [5, 5.41) is 0. The van der Waals surface area contributed by atoms with E-state index >= 15 is 0 Å². The number of hydrogen-bond donors (Lipinski definition) is 1. The zero-order chi connectivity index (χ0) is 15.1. The number of ether oxygens (including phenoxy) is 2. The summed E-state index contributed by atoms with van der Waals surface area (Å²) in [7, 11) is 0. The van der Waals surface area contributed by atoms with Gasteiger partial charge >= 0.3 is 11.9 Å². The third-order valence-electron chi connectivity index (χ3n) is 2.53. The van der Waals surface area contributed by atoms with Crippen LogP contribution in [0.1, 0.15) is 25.1 Å². The number of pyridine rings is 1. The Morgan fingerprint density at radius 3 is 2.20 bits per heavy atom. The highest BCUT2D eigenvalue weighted by molar-refractivity contribution is 6.19. The molecule has 0 saturated heterocycles. The molecule has 1 aromatic heterocycles. The van der Waals surface area contributed by atoms with Crippen molar-refractivity contribution >= 4 is 17.6 Å². The lowest BCUT2D eigenvalue weighted by Crippen LogP contribution is -2.23. The van der Waals surface area contributed by atoms with Crippen LogP contribution in [-0.4, -0.2) is 30.1 Å². The second-order valence-electron chi connectivity index (χ2n) is 3.87. The fourth-order valence-electron chi connectivity index (χ4n) is 1.61. The zero-order valence-corrected chi connectivity index (χ0v) is 11.8. The molecular weight excluding hydrogens is 260 g/mol. The van der Waals surface area contributed by atoms with Gasteiger partial charge in [0.15, 0.2) is 5.57 Å². The average Bonchev–Trinajstić information content (AvgIpc) is 2.40. The van der Waals surface area contributed by atoms with Crippen LogP contribution in [0.4, 0.5) is 0 Å². The highest BCUT2D eigenvalue weighted by Gasteiger charge is 2.26. The lowest BCUT2D eigenvalue weighted by atomic mass is 10.1. The van der Waals surface area contributed by atoms with Crippen LogP contribution in [0.2, 0.25) is 0 Å². The Balaban J connectivity index is 3.33. The minimum Gasteiger partial charge on any atom is -0.462 e. The molecule has 1 aromatic rings. The summed E-state index contributed by atoms with van der Waals surface area (Å²) in [5.41, 5.74) is 6.76. The van der Waals surface area contributed by atoms with E-state index in [4.69, 9.17) is 15.2 Å². The Kier molecular flexibility index (Phi) is 5.71. The van der Waals surface area contributed by atoms with Crippen molar-refractivity contribution < 1.29 is 19.1 Å². The second kappa shape index (κ2) is 7.28. The summed E-state index contributed by atoms with van der Waals surface area (Å²) in [6, 6.07) is 3.35. The molecule has 1 heterocycles. The van der Waals surface area contributed by atoms with Crippen LogP contribution in [0.15, 0.2) is 23.9 Å². The summed E-state index contributed by atoms with van der Waals surface area (Å²) in [5.74, 6) is -1.60. The Labute approximate surface area is 117 Å². The monoisotopic (exact) mass is 278 g/mol.